The molecule has 7 nitrogen and oxygen atoms in total. The minimum absolute atomic E-state index is 0.0211. The fraction of sp³-hybridized carbons (Fsp3) is 0.458. The molecule has 0 spiro atoms. The monoisotopic (exact) mass is 428 g/mol. The number of ketones is 1. The summed E-state index contributed by atoms with van der Waals surface area (Å²) in [4.78, 5) is 37.8. The Hall–Kier alpha value is -3.09. The standard InChI is InChI=1S/C24H28O7/c1-7-8-14-11-16(25)30-22-17(14)21-15(9-10-24(4,5)31-21)20(27)18(22)19(26)12(2)13(3)23(28)29-6/h9-13,27H,7-8H2,1-6H3/t12-,13?/m1/s1. The zero-order valence-electron chi connectivity index (χ0n) is 18.7. The number of rotatable bonds is 6. The first-order valence-electron chi connectivity index (χ1n) is 10.4. The van der Waals surface area contributed by atoms with Crippen molar-refractivity contribution in [2.24, 2.45) is 11.8 Å². The minimum atomic E-state index is -0.815. The molecule has 2 atom stereocenters. The molecule has 7 heteroatoms. The van der Waals surface area contributed by atoms with Crippen molar-refractivity contribution >= 4 is 28.8 Å². The molecule has 1 aromatic heterocycles. The van der Waals surface area contributed by atoms with Gasteiger partial charge in [-0.25, -0.2) is 4.79 Å². The van der Waals surface area contributed by atoms with E-state index in [-0.39, 0.29) is 16.9 Å². The smallest absolute Gasteiger partial charge is 0.336 e. The normalized spacial score (nSPS) is 16.3. The lowest BCUT2D eigenvalue weighted by molar-refractivity contribution is -0.145. The molecule has 3 rings (SSSR count). The Morgan fingerprint density at radius 1 is 1.23 bits per heavy atom. The maximum Gasteiger partial charge on any atom is 0.336 e. The number of phenols is 1. The first-order valence-corrected chi connectivity index (χ1v) is 10.4. The van der Waals surface area contributed by atoms with Crippen molar-refractivity contribution < 1.29 is 28.6 Å². The van der Waals surface area contributed by atoms with Crippen LogP contribution in [-0.4, -0.2) is 29.6 Å². The van der Waals surface area contributed by atoms with Crippen molar-refractivity contribution in [3.8, 4) is 11.5 Å². The van der Waals surface area contributed by atoms with Crippen LogP contribution in [-0.2, 0) is 16.0 Å². The number of carbonyl (C=O) groups is 2. The highest BCUT2D eigenvalue weighted by atomic mass is 16.5. The molecule has 0 saturated carbocycles. The average Bonchev–Trinajstić information content (AvgIpc) is 2.71. The number of carbonyl (C=O) groups excluding carboxylic acids is 2. The maximum absolute atomic E-state index is 13.4. The van der Waals surface area contributed by atoms with E-state index in [0.717, 1.165) is 6.42 Å². The largest absolute Gasteiger partial charge is 0.506 e. The molecule has 0 amide bonds. The van der Waals surface area contributed by atoms with E-state index >= 15 is 0 Å². The maximum atomic E-state index is 13.4. The Morgan fingerprint density at radius 2 is 1.90 bits per heavy atom. The SMILES string of the molecule is CCCc1cc(=O)oc2c(C(=O)[C@H](C)C(C)C(=O)OC)c(O)c3c(c12)OC(C)(C)C=C3. The lowest BCUT2D eigenvalue weighted by Crippen LogP contribution is -2.29. The van der Waals surface area contributed by atoms with Gasteiger partial charge in [-0.1, -0.05) is 27.2 Å². The van der Waals surface area contributed by atoms with E-state index in [1.54, 1.807) is 26.0 Å². The summed E-state index contributed by atoms with van der Waals surface area (Å²) < 4.78 is 16.4. The van der Waals surface area contributed by atoms with Crippen LogP contribution < -0.4 is 10.4 Å². The highest BCUT2D eigenvalue weighted by Crippen LogP contribution is 2.47. The van der Waals surface area contributed by atoms with Crippen LogP contribution in [0.5, 0.6) is 11.5 Å². The number of fused-ring (bicyclic) bond motifs is 3. The van der Waals surface area contributed by atoms with Crippen molar-refractivity contribution in [3.05, 3.63) is 39.3 Å². The molecule has 2 heterocycles. The van der Waals surface area contributed by atoms with E-state index in [0.29, 0.717) is 28.7 Å². The van der Waals surface area contributed by atoms with Gasteiger partial charge in [0.05, 0.1) is 24.0 Å². The number of ether oxygens (including phenoxy) is 2. The predicted octanol–water partition coefficient (Wildman–Crippen LogP) is 4.26. The van der Waals surface area contributed by atoms with Crippen LogP contribution in [0.3, 0.4) is 0 Å². The number of hydrogen-bond acceptors (Lipinski definition) is 7. The van der Waals surface area contributed by atoms with Gasteiger partial charge in [-0.05, 0) is 38.0 Å². The number of esters is 1. The zero-order chi connectivity index (χ0) is 23.1. The number of methoxy groups -OCH3 is 1. The van der Waals surface area contributed by atoms with Gasteiger partial charge in [0, 0.05) is 12.0 Å². The molecule has 1 aromatic carbocycles. The van der Waals surface area contributed by atoms with E-state index in [9.17, 15) is 19.5 Å². The van der Waals surface area contributed by atoms with Crippen molar-refractivity contribution in [1.29, 1.82) is 0 Å². The lowest BCUT2D eigenvalue weighted by atomic mass is 9.85. The highest BCUT2D eigenvalue weighted by Gasteiger charge is 2.36. The second-order valence-corrected chi connectivity index (χ2v) is 8.51. The van der Waals surface area contributed by atoms with E-state index < -0.39 is 34.8 Å². The first kappa shape index (κ1) is 22.6. The molecule has 2 aromatic rings. The Morgan fingerprint density at radius 3 is 2.52 bits per heavy atom. The van der Waals surface area contributed by atoms with Crippen molar-refractivity contribution in [2.45, 2.75) is 53.1 Å². The molecule has 0 saturated heterocycles. The summed E-state index contributed by atoms with van der Waals surface area (Å²) in [6.45, 7) is 8.87. The van der Waals surface area contributed by atoms with Gasteiger partial charge in [0.1, 0.15) is 22.7 Å². The number of Topliss-reactive ketones (excluding diaryl/α,β-unsaturated/α-hetero) is 1. The van der Waals surface area contributed by atoms with E-state index in [4.69, 9.17) is 13.9 Å². The van der Waals surface area contributed by atoms with Gasteiger partial charge < -0.3 is 19.0 Å². The van der Waals surface area contributed by atoms with Gasteiger partial charge in [0.25, 0.3) is 0 Å². The molecule has 1 unspecified atom stereocenters. The van der Waals surface area contributed by atoms with Crippen LogP contribution in [0.15, 0.2) is 21.4 Å². The van der Waals surface area contributed by atoms with Crippen LogP contribution in [0.4, 0.5) is 0 Å². The van der Waals surface area contributed by atoms with Gasteiger partial charge in [0.2, 0.25) is 0 Å². The van der Waals surface area contributed by atoms with Crippen LogP contribution in [0, 0.1) is 11.8 Å². The number of aromatic hydroxyl groups is 1. The Balaban J connectivity index is 2.38. The summed E-state index contributed by atoms with van der Waals surface area (Å²) >= 11 is 0. The molecule has 0 radical (unpaired) electrons. The summed E-state index contributed by atoms with van der Waals surface area (Å²) in [6.07, 6.45) is 4.81. The predicted molar refractivity (Wildman–Crippen MR) is 117 cm³/mol. The third-order valence-electron chi connectivity index (χ3n) is 5.75. The third-order valence-corrected chi connectivity index (χ3v) is 5.75. The van der Waals surface area contributed by atoms with Crippen LogP contribution in [0.25, 0.3) is 17.0 Å². The van der Waals surface area contributed by atoms with Crippen molar-refractivity contribution in [2.75, 3.05) is 7.11 Å². The Labute approximate surface area is 180 Å². The fourth-order valence-electron chi connectivity index (χ4n) is 3.83. The minimum Gasteiger partial charge on any atom is -0.506 e. The van der Waals surface area contributed by atoms with Gasteiger partial charge >= 0.3 is 11.6 Å². The second-order valence-electron chi connectivity index (χ2n) is 8.51. The highest BCUT2D eigenvalue weighted by molar-refractivity contribution is 6.13. The van der Waals surface area contributed by atoms with Gasteiger partial charge in [-0.2, -0.15) is 0 Å². The third kappa shape index (κ3) is 3.96. The van der Waals surface area contributed by atoms with Gasteiger partial charge in [0.15, 0.2) is 11.4 Å². The topological polar surface area (TPSA) is 103 Å². The second kappa shape index (κ2) is 8.21. The summed E-state index contributed by atoms with van der Waals surface area (Å²) in [7, 11) is 1.25. The Bertz CT molecular complexity index is 1140. The summed E-state index contributed by atoms with van der Waals surface area (Å²) in [5, 5.41) is 11.6. The summed E-state index contributed by atoms with van der Waals surface area (Å²) in [6, 6.07) is 1.40. The summed E-state index contributed by atoms with van der Waals surface area (Å²) in [5.41, 5.74) is -0.390. The molecule has 31 heavy (non-hydrogen) atoms. The fourth-order valence-corrected chi connectivity index (χ4v) is 3.83. The van der Waals surface area contributed by atoms with E-state index in [2.05, 4.69) is 0 Å². The van der Waals surface area contributed by atoms with Gasteiger partial charge in [-0.15, -0.1) is 0 Å². The quantitative estimate of drug-likeness (QED) is 0.416. The molecule has 1 aliphatic heterocycles. The first-order chi connectivity index (χ1) is 14.5. The summed E-state index contributed by atoms with van der Waals surface area (Å²) in [5.74, 6) is -2.58. The molecular weight excluding hydrogens is 400 g/mol. The molecule has 1 N–H and O–H groups in total. The number of aryl methyl sites for hydroxylation is 1. The van der Waals surface area contributed by atoms with Crippen LogP contribution in [0.2, 0.25) is 0 Å². The number of phenolic OH excluding ortho intramolecular Hbond substituents is 1. The van der Waals surface area contributed by atoms with E-state index in [1.807, 2.05) is 20.8 Å². The van der Waals surface area contributed by atoms with E-state index in [1.165, 1.54) is 13.2 Å². The average molecular weight is 428 g/mol. The van der Waals surface area contributed by atoms with Crippen molar-refractivity contribution in [3.63, 3.8) is 0 Å². The molecule has 0 aliphatic carbocycles. The number of benzene rings is 1. The van der Waals surface area contributed by atoms with Crippen LogP contribution >= 0.6 is 0 Å². The zero-order valence-corrected chi connectivity index (χ0v) is 18.7. The Kier molecular flexibility index (Phi) is 5.98. The van der Waals surface area contributed by atoms with Crippen molar-refractivity contribution in [1.82, 2.24) is 0 Å². The molecular formula is C24H28O7. The molecule has 0 bridgehead atoms. The van der Waals surface area contributed by atoms with Gasteiger partial charge in [-0.3, -0.25) is 9.59 Å². The molecule has 166 valence electrons. The molecule has 1 aliphatic rings. The lowest BCUT2D eigenvalue weighted by Gasteiger charge is -2.30. The molecule has 0 fully saturated rings. The van der Waals surface area contributed by atoms with Crippen LogP contribution in [0.1, 0.15) is 62.5 Å². The number of hydrogen-bond donors (Lipinski definition) is 1.